The van der Waals surface area contributed by atoms with Crippen LogP contribution in [0.1, 0.15) is 348 Å². The van der Waals surface area contributed by atoms with Crippen molar-refractivity contribution in [3.8, 4) is 0 Å². The highest BCUT2D eigenvalue weighted by atomic mass is 16.6. The van der Waals surface area contributed by atoms with Gasteiger partial charge >= 0.3 is 17.9 Å². The van der Waals surface area contributed by atoms with E-state index in [1.165, 1.54) is 250 Å². The van der Waals surface area contributed by atoms with Crippen LogP contribution in [0, 0.1) is 0 Å². The van der Waals surface area contributed by atoms with Crippen LogP contribution in [0.3, 0.4) is 0 Å². The molecule has 0 aliphatic carbocycles. The quantitative estimate of drug-likeness (QED) is 0.0262. The molecular weight excluding hydrogens is 841 g/mol. The van der Waals surface area contributed by atoms with Gasteiger partial charge in [-0.1, -0.05) is 296 Å². The highest BCUT2D eigenvalue weighted by molar-refractivity contribution is 5.71. The van der Waals surface area contributed by atoms with Gasteiger partial charge in [0.2, 0.25) is 0 Å². The van der Waals surface area contributed by atoms with E-state index < -0.39 is 6.10 Å². The second-order valence-electron chi connectivity index (χ2n) is 21.0. The number of hydrogen-bond acceptors (Lipinski definition) is 6. The highest BCUT2D eigenvalue weighted by Gasteiger charge is 2.19. The van der Waals surface area contributed by atoms with Crippen molar-refractivity contribution in [3.63, 3.8) is 0 Å². The van der Waals surface area contributed by atoms with Crippen LogP contribution < -0.4 is 0 Å². The van der Waals surface area contributed by atoms with Gasteiger partial charge in [-0.3, -0.25) is 14.4 Å². The molecule has 6 nitrogen and oxygen atoms in total. The molecule has 0 spiro atoms. The van der Waals surface area contributed by atoms with Gasteiger partial charge in [-0.2, -0.15) is 0 Å². The lowest BCUT2D eigenvalue weighted by atomic mass is 10.0. The summed E-state index contributed by atoms with van der Waals surface area (Å²) in [5.41, 5.74) is 0. The molecule has 6 heteroatoms. The Balaban J connectivity index is 4.13. The molecule has 0 saturated heterocycles. The van der Waals surface area contributed by atoms with Crippen molar-refractivity contribution >= 4 is 17.9 Å². The molecule has 402 valence electrons. The van der Waals surface area contributed by atoms with Crippen LogP contribution >= 0.6 is 0 Å². The molecule has 0 radical (unpaired) electrons. The van der Waals surface area contributed by atoms with Gasteiger partial charge in [0.05, 0.1) is 0 Å². The van der Waals surface area contributed by atoms with Crippen molar-refractivity contribution in [2.24, 2.45) is 0 Å². The van der Waals surface area contributed by atoms with Crippen molar-refractivity contribution in [1.82, 2.24) is 0 Å². The van der Waals surface area contributed by atoms with E-state index in [4.69, 9.17) is 14.2 Å². The fourth-order valence-electron chi connectivity index (χ4n) is 9.38. The van der Waals surface area contributed by atoms with Crippen LogP contribution in [-0.4, -0.2) is 37.2 Å². The Morgan fingerprint density at radius 2 is 0.485 bits per heavy atom. The topological polar surface area (TPSA) is 78.9 Å². The minimum absolute atomic E-state index is 0.0650. The predicted molar refractivity (Wildman–Crippen MR) is 293 cm³/mol. The SMILES string of the molecule is CCCCCCCC/C=C\CCCCCCCCCCCC(=O)OC(COC(=O)CCCCCCCCCC)COC(=O)CCCCCCCCCCCCCCCCCCCCCCCCC. The predicted octanol–water partition coefficient (Wildman–Crippen LogP) is 20.5. The second kappa shape index (κ2) is 57.7. The summed E-state index contributed by atoms with van der Waals surface area (Å²) in [6.07, 6.45) is 66.6. The Labute approximate surface area is 424 Å². The van der Waals surface area contributed by atoms with Crippen LogP contribution in [0.25, 0.3) is 0 Å². The van der Waals surface area contributed by atoms with Crippen molar-refractivity contribution in [2.75, 3.05) is 13.2 Å². The lowest BCUT2D eigenvalue weighted by molar-refractivity contribution is -0.167. The van der Waals surface area contributed by atoms with Crippen LogP contribution in [-0.2, 0) is 28.6 Å². The number of hydrogen-bond donors (Lipinski definition) is 0. The smallest absolute Gasteiger partial charge is 0.306 e. The minimum Gasteiger partial charge on any atom is -0.462 e. The number of ether oxygens (including phenoxy) is 3. The Kier molecular flexibility index (Phi) is 56.2. The molecule has 0 fully saturated rings. The first-order valence-corrected chi connectivity index (χ1v) is 30.7. The van der Waals surface area contributed by atoms with E-state index in [1.807, 2.05) is 0 Å². The third-order valence-corrected chi connectivity index (χ3v) is 14.0. The molecule has 0 N–H and O–H groups in total. The lowest BCUT2D eigenvalue weighted by Gasteiger charge is -2.18. The van der Waals surface area contributed by atoms with Crippen LogP contribution in [0.5, 0.6) is 0 Å². The zero-order valence-corrected chi connectivity index (χ0v) is 46.2. The molecule has 0 rings (SSSR count). The number of carbonyl (C=O) groups is 3. The van der Waals surface area contributed by atoms with Gasteiger partial charge in [0.15, 0.2) is 6.10 Å². The van der Waals surface area contributed by atoms with E-state index in [0.717, 1.165) is 57.8 Å². The fraction of sp³-hybridized carbons (Fsp3) is 0.919. The van der Waals surface area contributed by atoms with Gasteiger partial charge in [-0.05, 0) is 44.9 Å². The number of rotatable bonds is 57. The summed E-state index contributed by atoms with van der Waals surface area (Å²) in [5, 5.41) is 0. The van der Waals surface area contributed by atoms with Crippen molar-refractivity contribution < 1.29 is 28.6 Å². The number of unbranched alkanes of at least 4 members (excludes halogenated alkanes) is 44. The average Bonchev–Trinajstić information content (AvgIpc) is 3.34. The number of esters is 3. The summed E-state index contributed by atoms with van der Waals surface area (Å²) in [4.78, 5) is 38.1. The third-order valence-electron chi connectivity index (χ3n) is 14.0. The highest BCUT2D eigenvalue weighted by Crippen LogP contribution is 2.18. The Bertz CT molecular complexity index is 1060. The van der Waals surface area contributed by atoms with Gasteiger partial charge in [0.1, 0.15) is 13.2 Å². The third kappa shape index (κ3) is 55.1. The van der Waals surface area contributed by atoms with Crippen LogP contribution in [0.15, 0.2) is 12.2 Å². The van der Waals surface area contributed by atoms with Crippen LogP contribution in [0.4, 0.5) is 0 Å². The molecule has 0 bridgehead atoms. The second-order valence-corrected chi connectivity index (χ2v) is 21.0. The van der Waals surface area contributed by atoms with Crippen molar-refractivity contribution in [2.45, 2.75) is 354 Å². The Morgan fingerprint density at radius 1 is 0.279 bits per heavy atom. The summed E-state index contributed by atoms with van der Waals surface area (Å²) in [6, 6.07) is 0. The molecule has 0 saturated carbocycles. The molecule has 0 aliphatic rings. The molecule has 0 aliphatic heterocycles. The van der Waals surface area contributed by atoms with Gasteiger partial charge in [-0.15, -0.1) is 0 Å². The van der Waals surface area contributed by atoms with Gasteiger partial charge < -0.3 is 14.2 Å². The van der Waals surface area contributed by atoms with Gasteiger partial charge in [0.25, 0.3) is 0 Å². The molecule has 0 heterocycles. The molecular formula is C62H118O6. The average molecular weight is 960 g/mol. The van der Waals surface area contributed by atoms with Crippen LogP contribution in [0.2, 0.25) is 0 Å². The van der Waals surface area contributed by atoms with Crippen molar-refractivity contribution in [1.29, 1.82) is 0 Å². The summed E-state index contributed by atoms with van der Waals surface area (Å²) in [6.45, 7) is 6.67. The monoisotopic (exact) mass is 959 g/mol. The first-order valence-electron chi connectivity index (χ1n) is 30.7. The molecule has 68 heavy (non-hydrogen) atoms. The van der Waals surface area contributed by atoms with Gasteiger partial charge in [-0.25, -0.2) is 0 Å². The maximum atomic E-state index is 12.8. The van der Waals surface area contributed by atoms with Crippen molar-refractivity contribution in [3.05, 3.63) is 12.2 Å². The molecule has 0 amide bonds. The molecule has 0 aromatic rings. The van der Waals surface area contributed by atoms with Gasteiger partial charge in [0, 0.05) is 19.3 Å². The summed E-state index contributed by atoms with van der Waals surface area (Å²) in [5.74, 6) is -0.847. The molecule has 1 atom stereocenters. The standard InChI is InChI=1S/C62H118O6/c1-4-7-10-13-16-19-21-23-25-27-29-30-31-32-34-35-37-39-41-43-46-49-52-55-61(64)67-58-59(57-66-60(63)54-51-48-45-18-15-12-9-6-3)68-62(65)56-53-50-47-44-42-40-38-36-33-28-26-24-22-20-17-14-11-8-5-2/h24,26,59H,4-23,25,27-58H2,1-3H3/b26-24-. The zero-order chi connectivity index (χ0) is 49.3. The first-order chi connectivity index (χ1) is 33.5. The Hall–Kier alpha value is -1.85. The maximum absolute atomic E-state index is 12.8. The minimum atomic E-state index is -0.765. The zero-order valence-electron chi connectivity index (χ0n) is 46.2. The Morgan fingerprint density at radius 3 is 0.735 bits per heavy atom. The summed E-state index contributed by atoms with van der Waals surface area (Å²) in [7, 11) is 0. The first kappa shape index (κ1) is 66.2. The lowest BCUT2D eigenvalue weighted by Crippen LogP contribution is -2.30. The summed E-state index contributed by atoms with van der Waals surface area (Å²) >= 11 is 0. The maximum Gasteiger partial charge on any atom is 0.306 e. The van der Waals surface area contributed by atoms with E-state index in [2.05, 4.69) is 32.9 Å². The summed E-state index contributed by atoms with van der Waals surface area (Å²) < 4.78 is 16.9. The molecule has 1 unspecified atom stereocenters. The van der Waals surface area contributed by atoms with E-state index in [1.54, 1.807) is 0 Å². The van der Waals surface area contributed by atoms with E-state index in [9.17, 15) is 14.4 Å². The number of carbonyl (C=O) groups excluding carboxylic acids is 3. The molecule has 0 aromatic carbocycles. The van der Waals surface area contributed by atoms with E-state index in [0.29, 0.717) is 19.3 Å². The van der Waals surface area contributed by atoms with E-state index in [-0.39, 0.29) is 31.1 Å². The fourth-order valence-corrected chi connectivity index (χ4v) is 9.38. The largest absolute Gasteiger partial charge is 0.462 e. The molecule has 0 aromatic heterocycles. The van der Waals surface area contributed by atoms with E-state index >= 15 is 0 Å². The normalized spacial score (nSPS) is 12.0. The number of allylic oxidation sites excluding steroid dienone is 2.